The lowest BCUT2D eigenvalue weighted by Gasteiger charge is -2.34. The van der Waals surface area contributed by atoms with Crippen LogP contribution in [-0.2, 0) is 14.3 Å². The summed E-state index contributed by atoms with van der Waals surface area (Å²) in [6.45, 7) is 2.76. The molecule has 1 N–H and O–H groups in total. The molecule has 108 valence electrons. The van der Waals surface area contributed by atoms with Crippen LogP contribution >= 0.6 is 0 Å². The highest BCUT2D eigenvalue weighted by Gasteiger charge is 2.30. The predicted molar refractivity (Wildman–Crippen MR) is 66.6 cm³/mol. The summed E-state index contributed by atoms with van der Waals surface area (Å²) < 4.78 is 4.53. The first-order chi connectivity index (χ1) is 8.99. The average molecular weight is 272 g/mol. The lowest BCUT2D eigenvalue weighted by atomic mass is 9.99. The zero-order valence-corrected chi connectivity index (χ0v) is 11.3. The van der Waals surface area contributed by atoms with Crippen LogP contribution in [0.5, 0.6) is 0 Å². The van der Waals surface area contributed by atoms with Crippen LogP contribution in [0, 0.1) is 5.92 Å². The molecule has 1 aliphatic heterocycles. The van der Waals surface area contributed by atoms with Gasteiger partial charge in [-0.15, -0.1) is 0 Å². The van der Waals surface area contributed by atoms with Gasteiger partial charge in [0.25, 0.3) is 0 Å². The molecule has 0 bridgehead atoms. The molecule has 0 spiro atoms. The standard InChI is InChI=1S/C12H20N2O5/c1-3-13(8-10(15)19-2)12(18)14-6-4-5-9(7-14)11(16)17/h9H,3-8H2,1-2H3,(H,16,17)/t9-/m1/s1. The maximum absolute atomic E-state index is 12.2. The molecule has 19 heavy (non-hydrogen) atoms. The van der Waals surface area contributed by atoms with Gasteiger partial charge >= 0.3 is 18.0 Å². The summed E-state index contributed by atoms with van der Waals surface area (Å²) in [5.74, 6) is -1.88. The lowest BCUT2D eigenvalue weighted by Crippen LogP contribution is -2.50. The highest BCUT2D eigenvalue weighted by atomic mass is 16.5. The van der Waals surface area contributed by atoms with Gasteiger partial charge in [-0.3, -0.25) is 9.59 Å². The number of methoxy groups -OCH3 is 1. The Hall–Kier alpha value is -1.79. The lowest BCUT2D eigenvalue weighted by molar-refractivity contribution is -0.144. The fourth-order valence-electron chi connectivity index (χ4n) is 2.09. The molecule has 0 aromatic carbocycles. The maximum atomic E-state index is 12.2. The van der Waals surface area contributed by atoms with Crippen LogP contribution in [0.25, 0.3) is 0 Å². The van der Waals surface area contributed by atoms with Crippen LogP contribution in [-0.4, -0.2) is 66.2 Å². The van der Waals surface area contributed by atoms with Gasteiger partial charge < -0.3 is 19.6 Å². The van der Waals surface area contributed by atoms with Gasteiger partial charge in [-0.1, -0.05) is 0 Å². The van der Waals surface area contributed by atoms with Gasteiger partial charge in [0.05, 0.1) is 13.0 Å². The van der Waals surface area contributed by atoms with E-state index in [4.69, 9.17) is 5.11 Å². The molecule has 2 amide bonds. The number of likely N-dealkylation sites (N-methyl/N-ethyl adjacent to an activating group) is 1. The second kappa shape index (κ2) is 6.96. The van der Waals surface area contributed by atoms with E-state index < -0.39 is 17.9 Å². The fraction of sp³-hybridized carbons (Fsp3) is 0.750. The summed E-state index contributed by atoms with van der Waals surface area (Å²) in [6.07, 6.45) is 1.25. The van der Waals surface area contributed by atoms with Crippen molar-refractivity contribution in [1.82, 2.24) is 9.80 Å². The molecule has 1 atom stereocenters. The molecule has 1 saturated heterocycles. The number of ether oxygens (including phenoxy) is 1. The maximum Gasteiger partial charge on any atom is 0.325 e. The van der Waals surface area contributed by atoms with E-state index in [0.717, 1.165) is 0 Å². The number of nitrogens with zero attached hydrogens (tertiary/aromatic N) is 2. The molecule has 1 rings (SSSR count). The monoisotopic (exact) mass is 272 g/mol. The number of carbonyl (C=O) groups excluding carboxylic acids is 2. The number of carboxylic acid groups (broad SMARTS) is 1. The first-order valence-electron chi connectivity index (χ1n) is 6.33. The smallest absolute Gasteiger partial charge is 0.325 e. The van der Waals surface area contributed by atoms with Gasteiger partial charge in [0.2, 0.25) is 0 Å². The predicted octanol–water partition coefficient (Wildman–Crippen LogP) is 0.398. The van der Waals surface area contributed by atoms with E-state index in [9.17, 15) is 14.4 Å². The molecule has 0 aliphatic carbocycles. The third kappa shape index (κ3) is 4.11. The van der Waals surface area contributed by atoms with E-state index in [1.54, 1.807) is 6.92 Å². The van der Waals surface area contributed by atoms with E-state index in [0.29, 0.717) is 25.9 Å². The molecule has 0 aromatic heterocycles. The number of rotatable bonds is 4. The zero-order valence-electron chi connectivity index (χ0n) is 11.3. The summed E-state index contributed by atoms with van der Waals surface area (Å²) in [5, 5.41) is 8.99. The summed E-state index contributed by atoms with van der Waals surface area (Å²) >= 11 is 0. The molecular formula is C12H20N2O5. The highest BCUT2D eigenvalue weighted by molar-refractivity contribution is 5.81. The number of carboxylic acids is 1. The number of esters is 1. The van der Waals surface area contributed by atoms with Crippen molar-refractivity contribution in [2.24, 2.45) is 5.92 Å². The first-order valence-corrected chi connectivity index (χ1v) is 6.33. The SMILES string of the molecule is CCN(CC(=O)OC)C(=O)N1CCC[C@@H](C(=O)O)C1. The van der Waals surface area contributed by atoms with Gasteiger partial charge in [-0.25, -0.2) is 4.79 Å². The van der Waals surface area contributed by atoms with Crippen molar-refractivity contribution in [2.45, 2.75) is 19.8 Å². The Morgan fingerprint density at radius 1 is 1.42 bits per heavy atom. The van der Waals surface area contributed by atoms with Crippen LogP contribution in [0.15, 0.2) is 0 Å². The van der Waals surface area contributed by atoms with E-state index in [-0.39, 0.29) is 19.1 Å². The van der Waals surface area contributed by atoms with Gasteiger partial charge in [-0.05, 0) is 19.8 Å². The molecule has 0 unspecified atom stereocenters. The van der Waals surface area contributed by atoms with E-state index >= 15 is 0 Å². The van der Waals surface area contributed by atoms with Gasteiger partial charge in [-0.2, -0.15) is 0 Å². The molecule has 1 fully saturated rings. The summed E-state index contributed by atoms with van der Waals surface area (Å²) in [5.41, 5.74) is 0. The van der Waals surface area contributed by atoms with Gasteiger partial charge in [0.1, 0.15) is 6.54 Å². The third-order valence-corrected chi connectivity index (χ3v) is 3.24. The molecular weight excluding hydrogens is 252 g/mol. The quantitative estimate of drug-likeness (QED) is 0.748. The number of amides is 2. The van der Waals surface area contributed by atoms with Gasteiger partial charge in [0.15, 0.2) is 0 Å². The number of aliphatic carboxylic acids is 1. The van der Waals surface area contributed by atoms with E-state index in [1.807, 2.05) is 0 Å². The zero-order chi connectivity index (χ0) is 14.4. The average Bonchev–Trinajstić information content (AvgIpc) is 2.43. The summed E-state index contributed by atoms with van der Waals surface area (Å²) in [6, 6.07) is -0.307. The number of urea groups is 1. The largest absolute Gasteiger partial charge is 0.481 e. The Labute approximate surface area is 112 Å². The first kappa shape index (κ1) is 15.3. The van der Waals surface area contributed by atoms with E-state index in [2.05, 4.69) is 4.74 Å². The van der Waals surface area contributed by atoms with E-state index in [1.165, 1.54) is 16.9 Å². The van der Waals surface area contributed by atoms with Gasteiger partial charge in [0, 0.05) is 19.6 Å². The van der Waals surface area contributed by atoms with Crippen molar-refractivity contribution < 1.29 is 24.2 Å². The molecule has 0 saturated carbocycles. The van der Waals surface area contributed by atoms with Crippen LogP contribution in [0.1, 0.15) is 19.8 Å². The van der Waals surface area contributed by atoms with Crippen molar-refractivity contribution >= 4 is 18.0 Å². The summed E-state index contributed by atoms with van der Waals surface area (Å²) in [7, 11) is 1.27. The van der Waals surface area contributed by atoms with Crippen LogP contribution in [0.3, 0.4) is 0 Å². The topological polar surface area (TPSA) is 87.2 Å². The second-order valence-electron chi connectivity index (χ2n) is 4.50. The molecule has 7 heteroatoms. The minimum absolute atomic E-state index is 0.111. The van der Waals surface area contributed by atoms with Crippen molar-refractivity contribution in [3.63, 3.8) is 0 Å². The van der Waals surface area contributed by atoms with Crippen molar-refractivity contribution in [3.8, 4) is 0 Å². The Morgan fingerprint density at radius 3 is 2.63 bits per heavy atom. The number of likely N-dealkylation sites (tertiary alicyclic amines) is 1. The molecule has 7 nitrogen and oxygen atoms in total. The Kier molecular flexibility index (Phi) is 5.59. The van der Waals surface area contributed by atoms with Crippen molar-refractivity contribution in [3.05, 3.63) is 0 Å². The van der Waals surface area contributed by atoms with Crippen molar-refractivity contribution in [1.29, 1.82) is 0 Å². The number of piperidine rings is 1. The minimum atomic E-state index is -0.881. The van der Waals surface area contributed by atoms with Crippen LogP contribution in [0.4, 0.5) is 4.79 Å². The fourth-order valence-corrected chi connectivity index (χ4v) is 2.09. The second-order valence-corrected chi connectivity index (χ2v) is 4.50. The molecule has 1 heterocycles. The van der Waals surface area contributed by atoms with Crippen LogP contribution < -0.4 is 0 Å². The highest BCUT2D eigenvalue weighted by Crippen LogP contribution is 2.18. The Bertz CT molecular complexity index is 358. The summed E-state index contributed by atoms with van der Waals surface area (Å²) in [4.78, 5) is 37.2. The normalized spacial score (nSPS) is 18.8. The van der Waals surface area contributed by atoms with Crippen molar-refractivity contribution in [2.75, 3.05) is 33.3 Å². The third-order valence-electron chi connectivity index (χ3n) is 3.24. The number of hydrogen-bond donors (Lipinski definition) is 1. The Balaban J connectivity index is 2.63. The molecule has 0 radical (unpaired) electrons. The Morgan fingerprint density at radius 2 is 2.11 bits per heavy atom. The molecule has 0 aromatic rings. The minimum Gasteiger partial charge on any atom is -0.481 e. The molecule has 1 aliphatic rings. The number of hydrogen-bond acceptors (Lipinski definition) is 4. The van der Waals surface area contributed by atoms with Crippen LogP contribution in [0.2, 0.25) is 0 Å². The number of carbonyl (C=O) groups is 3.